The highest BCUT2D eigenvalue weighted by atomic mass is 35.5. The highest BCUT2D eigenvalue weighted by Crippen LogP contribution is 2.26. The lowest BCUT2D eigenvalue weighted by molar-refractivity contribution is 0.240. The van der Waals surface area contributed by atoms with Crippen LogP contribution < -0.4 is 10.6 Å². The van der Waals surface area contributed by atoms with Crippen molar-refractivity contribution in [1.82, 2.24) is 10.6 Å². The van der Waals surface area contributed by atoms with Gasteiger partial charge in [-0.15, -0.1) is 0 Å². The molecule has 0 radical (unpaired) electrons. The smallest absolute Gasteiger partial charge is 0.319 e. The summed E-state index contributed by atoms with van der Waals surface area (Å²) < 4.78 is 0. The van der Waals surface area contributed by atoms with Crippen molar-refractivity contribution in [2.24, 2.45) is 0 Å². The second-order valence-electron chi connectivity index (χ2n) is 6.70. The first-order valence-electron chi connectivity index (χ1n) is 9.26. The van der Waals surface area contributed by atoms with E-state index in [4.69, 9.17) is 11.6 Å². The van der Waals surface area contributed by atoms with Gasteiger partial charge < -0.3 is 10.6 Å². The Hall–Kier alpha value is -2.26. The fraction of sp³-hybridized carbons (Fsp3) is 0.318. The molecule has 0 saturated heterocycles. The molecule has 0 aliphatic heterocycles. The lowest BCUT2D eigenvalue weighted by atomic mass is 9.89. The van der Waals surface area contributed by atoms with Crippen molar-refractivity contribution in [1.29, 1.82) is 0 Å². The third-order valence-electron chi connectivity index (χ3n) is 4.83. The van der Waals surface area contributed by atoms with Crippen LogP contribution in [0.5, 0.6) is 0 Å². The van der Waals surface area contributed by atoms with Crippen LogP contribution in [0.4, 0.5) is 4.79 Å². The van der Waals surface area contributed by atoms with Crippen molar-refractivity contribution in [2.75, 3.05) is 0 Å². The molecular formula is C22H25ClN2O. The predicted octanol–water partition coefficient (Wildman–Crippen LogP) is 5.64. The summed E-state index contributed by atoms with van der Waals surface area (Å²) in [6.07, 6.45) is 9.18. The van der Waals surface area contributed by atoms with E-state index < -0.39 is 0 Å². The van der Waals surface area contributed by atoms with Gasteiger partial charge in [0.05, 0.1) is 6.04 Å². The molecule has 0 aromatic heterocycles. The standard InChI is InChI=1S/C22H25ClN2O/c1-2-21(19-11-10-17-7-3-4-8-18(17)15-19)25-22(26)24-13-12-16-6-5-9-20(23)14-16/h5-6,9-15,21H,2-4,7-8H2,1H3,(H2,24,25,26)/b13-12+. The van der Waals surface area contributed by atoms with Gasteiger partial charge in [0.1, 0.15) is 0 Å². The van der Waals surface area contributed by atoms with Gasteiger partial charge in [0.25, 0.3) is 0 Å². The Morgan fingerprint density at radius 2 is 1.96 bits per heavy atom. The normalized spacial score (nSPS) is 14.7. The number of halogens is 1. The molecule has 0 heterocycles. The summed E-state index contributed by atoms with van der Waals surface area (Å²) in [6.45, 7) is 2.09. The Kier molecular flexibility index (Phi) is 6.35. The minimum atomic E-state index is -0.201. The number of urea groups is 1. The topological polar surface area (TPSA) is 41.1 Å². The third kappa shape index (κ3) is 4.89. The molecule has 0 bridgehead atoms. The second kappa shape index (κ2) is 8.91. The molecule has 2 aromatic rings. The number of nitrogens with one attached hydrogen (secondary N) is 2. The monoisotopic (exact) mass is 368 g/mol. The zero-order chi connectivity index (χ0) is 18.4. The third-order valence-corrected chi connectivity index (χ3v) is 5.06. The van der Waals surface area contributed by atoms with Crippen LogP contribution in [-0.4, -0.2) is 6.03 Å². The highest BCUT2D eigenvalue weighted by molar-refractivity contribution is 6.30. The zero-order valence-corrected chi connectivity index (χ0v) is 15.9. The largest absolute Gasteiger partial charge is 0.331 e. The van der Waals surface area contributed by atoms with E-state index in [1.165, 1.54) is 36.0 Å². The number of carbonyl (C=O) groups excluding carboxylic acids is 1. The molecule has 2 amide bonds. The molecule has 1 aliphatic carbocycles. The zero-order valence-electron chi connectivity index (χ0n) is 15.1. The molecule has 1 unspecified atom stereocenters. The van der Waals surface area contributed by atoms with Gasteiger partial charge in [0, 0.05) is 11.2 Å². The Labute approximate surface area is 160 Å². The van der Waals surface area contributed by atoms with Gasteiger partial charge in [0.2, 0.25) is 0 Å². The van der Waals surface area contributed by atoms with Crippen LogP contribution in [0.15, 0.2) is 48.7 Å². The molecule has 2 N–H and O–H groups in total. The molecule has 1 atom stereocenters. The van der Waals surface area contributed by atoms with Crippen LogP contribution in [-0.2, 0) is 12.8 Å². The molecule has 0 fully saturated rings. The summed E-state index contributed by atoms with van der Waals surface area (Å²) in [7, 11) is 0. The van der Waals surface area contributed by atoms with E-state index in [0.717, 1.165) is 18.4 Å². The fourth-order valence-electron chi connectivity index (χ4n) is 3.41. The molecule has 136 valence electrons. The molecule has 2 aromatic carbocycles. The average molecular weight is 369 g/mol. The van der Waals surface area contributed by atoms with Crippen molar-refractivity contribution >= 4 is 23.7 Å². The Balaban J connectivity index is 1.60. The van der Waals surface area contributed by atoms with Gasteiger partial charge in [0.15, 0.2) is 0 Å². The maximum Gasteiger partial charge on any atom is 0.319 e. The van der Waals surface area contributed by atoms with E-state index >= 15 is 0 Å². The molecule has 0 saturated carbocycles. The van der Waals surface area contributed by atoms with E-state index in [1.54, 1.807) is 6.20 Å². The Morgan fingerprint density at radius 3 is 2.73 bits per heavy atom. The number of fused-ring (bicyclic) bond motifs is 1. The summed E-state index contributed by atoms with van der Waals surface area (Å²) in [6, 6.07) is 13.9. The lowest BCUT2D eigenvalue weighted by Crippen LogP contribution is -2.35. The molecular weight excluding hydrogens is 344 g/mol. The molecule has 1 aliphatic rings. The number of carbonyl (C=O) groups is 1. The summed E-state index contributed by atoms with van der Waals surface area (Å²) in [5, 5.41) is 6.51. The number of benzene rings is 2. The summed E-state index contributed by atoms with van der Waals surface area (Å²) in [4.78, 5) is 12.2. The van der Waals surface area contributed by atoms with E-state index in [9.17, 15) is 4.79 Å². The molecule has 3 rings (SSSR count). The second-order valence-corrected chi connectivity index (χ2v) is 7.14. The van der Waals surface area contributed by atoms with Gasteiger partial charge in [-0.3, -0.25) is 0 Å². The van der Waals surface area contributed by atoms with Crippen molar-refractivity contribution in [3.05, 3.63) is 75.9 Å². The summed E-state index contributed by atoms with van der Waals surface area (Å²) >= 11 is 5.96. The number of rotatable bonds is 5. The van der Waals surface area contributed by atoms with Gasteiger partial charge >= 0.3 is 6.03 Å². The number of hydrogen-bond donors (Lipinski definition) is 2. The van der Waals surface area contributed by atoms with Crippen LogP contribution in [0.3, 0.4) is 0 Å². The Morgan fingerprint density at radius 1 is 1.15 bits per heavy atom. The van der Waals surface area contributed by atoms with Crippen molar-refractivity contribution in [3.63, 3.8) is 0 Å². The van der Waals surface area contributed by atoms with Crippen molar-refractivity contribution in [3.8, 4) is 0 Å². The number of hydrogen-bond acceptors (Lipinski definition) is 1. The first-order chi connectivity index (χ1) is 12.7. The first kappa shape index (κ1) is 18.5. The first-order valence-corrected chi connectivity index (χ1v) is 9.64. The maximum atomic E-state index is 12.2. The van der Waals surface area contributed by atoms with Crippen LogP contribution >= 0.6 is 11.6 Å². The lowest BCUT2D eigenvalue weighted by Gasteiger charge is -2.21. The van der Waals surface area contributed by atoms with Crippen LogP contribution in [0.25, 0.3) is 6.08 Å². The SMILES string of the molecule is CCC(NC(=O)N/C=C/c1cccc(Cl)c1)c1ccc2c(c1)CCCC2. The summed E-state index contributed by atoms with van der Waals surface area (Å²) in [5.41, 5.74) is 5.03. The van der Waals surface area contributed by atoms with Gasteiger partial charge in [-0.05, 0) is 72.6 Å². The predicted molar refractivity (Wildman–Crippen MR) is 108 cm³/mol. The molecule has 26 heavy (non-hydrogen) atoms. The maximum absolute atomic E-state index is 12.2. The van der Waals surface area contributed by atoms with Crippen LogP contribution in [0.1, 0.15) is 54.5 Å². The molecule has 0 spiro atoms. The van der Waals surface area contributed by atoms with Gasteiger partial charge in [-0.1, -0.05) is 48.9 Å². The molecule has 4 heteroatoms. The van der Waals surface area contributed by atoms with Gasteiger partial charge in [-0.25, -0.2) is 4.79 Å². The van der Waals surface area contributed by atoms with E-state index in [1.807, 2.05) is 30.3 Å². The highest BCUT2D eigenvalue weighted by Gasteiger charge is 2.15. The van der Waals surface area contributed by atoms with Crippen molar-refractivity contribution in [2.45, 2.75) is 45.1 Å². The Bertz CT molecular complexity index is 800. The van der Waals surface area contributed by atoms with Crippen molar-refractivity contribution < 1.29 is 4.79 Å². The van der Waals surface area contributed by atoms with Crippen LogP contribution in [0, 0.1) is 0 Å². The molecule has 3 nitrogen and oxygen atoms in total. The van der Waals surface area contributed by atoms with Gasteiger partial charge in [-0.2, -0.15) is 0 Å². The van der Waals surface area contributed by atoms with E-state index in [0.29, 0.717) is 5.02 Å². The fourth-order valence-corrected chi connectivity index (χ4v) is 3.61. The number of amides is 2. The minimum absolute atomic E-state index is 0.0156. The quantitative estimate of drug-likeness (QED) is 0.704. The minimum Gasteiger partial charge on any atom is -0.331 e. The van der Waals surface area contributed by atoms with Crippen LogP contribution in [0.2, 0.25) is 5.02 Å². The number of aryl methyl sites for hydroxylation is 2. The van der Waals surface area contributed by atoms with E-state index in [2.05, 4.69) is 35.8 Å². The van der Waals surface area contributed by atoms with E-state index in [-0.39, 0.29) is 12.1 Å². The summed E-state index contributed by atoms with van der Waals surface area (Å²) in [5.74, 6) is 0. The average Bonchev–Trinajstić information content (AvgIpc) is 2.66.